The molecule has 0 fully saturated rings. The Bertz CT molecular complexity index is 392. The molecular formula is C9H8FNO3. The molecule has 74 valence electrons. The molecule has 0 atom stereocenters. The van der Waals surface area contributed by atoms with Crippen molar-refractivity contribution in [3.63, 3.8) is 0 Å². The Kier molecular flexibility index (Phi) is 2.60. The van der Waals surface area contributed by atoms with Crippen LogP contribution in [0.2, 0.25) is 0 Å². The van der Waals surface area contributed by atoms with Gasteiger partial charge in [0, 0.05) is 11.1 Å². The molecule has 0 aliphatic rings. The Hall–Kier alpha value is -1.78. The maximum atomic E-state index is 13.1. The van der Waals surface area contributed by atoms with Gasteiger partial charge in [-0.2, -0.15) is 4.39 Å². The van der Waals surface area contributed by atoms with Crippen molar-refractivity contribution in [3.8, 4) is 0 Å². The Labute approximate surface area is 79.5 Å². The fourth-order valence-corrected chi connectivity index (χ4v) is 1.17. The van der Waals surface area contributed by atoms with Crippen molar-refractivity contribution < 1.29 is 14.1 Å². The summed E-state index contributed by atoms with van der Waals surface area (Å²) >= 11 is 0. The lowest BCUT2D eigenvalue weighted by Gasteiger charge is -2.01. The molecule has 0 bridgehead atoms. The number of nitro groups is 1. The second kappa shape index (κ2) is 3.53. The van der Waals surface area contributed by atoms with E-state index >= 15 is 0 Å². The van der Waals surface area contributed by atoms with E-state index in [0.29, 0.717) is 0 Å². The minimum Gasteiger partial charge on any atom is -0.295 e. The van der Waals surface area contributed by atoms with E-state index < -0.39 is 16.4 Å². The average molecular weight is 197 g/mol. The zero-order valence-electron chi connectivity index (χ0n) is 7.70. The van der Waals surface area contributed by atoms with Crippen molar-refractivity contribution in [2.75, 3.05) is 0 Å². The number of nitrogens with zero attached hydrogens (tertiary/aromatic N) is 1. The SMILES string of the molecule is CC(=O)c1cc(C)c([N+](=O)[O-])c(F)c1. The molecule has 14 heavy (non-hydrogen) atoms. The summed E-state index contributed by atoms with van der Waals surface area (Å²) in [6.45, 7) is 2.67. The Morgan fingerprint density at radius 1 is 1.50 bits per heavy atom. The van der Waals surface area contributed by atoms with Gasteiger partial charge in [-0.3, -0.25) is 14.9 Å². The van der Waals surface area contributed by atoms with Gasteiger partial charge in [0.25, 0.3) is 0 Å². The van der Waals surface area contributed by atoms with Crippen LogP contribution in [0.1, 0.15) is 22.8 Å². The number of hydrogen-bond donors (Lipinski definition) is 0. The maximum Gasteiger partial charge on any atom is 0.307 e. The molecule has 0 heterocycles. The lowest BCUT2D eigenvalue weighted by atomic mass is 10.1. The first kappa shape index (κ1) is 10.3. The fraction of sp³-hybridized carbons (Fsp3) is 0.222. The van der Waals surface area contributed by atoms with Crippen molar-refractivity contribution >= 4 is 11.5 Å². The summed E-state index contributed by atoms with van der Waals surface area (Å²) in [7, 11) is 0. The number of ketones is 1. The van der Waals surface area contributed by atoms with Crippen LogP contribution >= 0.6 is 0 Å². The van der Waals surface area contributed by atoms with E-state index in [0.717, 1.165) is 6.07 Å². The number of Topliss-reactive ketones (excluding diaryl/α,β-unsaturated/α-hetero) is 1. The van der Waals surface area contributed by atoms with Crippen LogP contribution in [0, 0.1) is 22.9 Å². The topological polar surface area (TPSA) is 60.2 Å². The van der Waals surface area contributed by atoms with E-state index in [-0.39, 0.29) is 16.9 Å². The number of rotatable bonds is 2. The standard InChI is InChI=1S/C9H8FNO3/c1-5-3-7(6(2)12)4-8(10)9(5)11(13)14/h3-4H,1-2H3. The van der Waals surface area contributed by atoms with Crippen LogP contribution in [0.15, 0.2) is 12.1 Å². The Balaban J connectivity index is 3.39. The minimum atomic E-state index is -0.972. The third-order valence-corrected chi connectivity index (χ3v) is 1.84. The van der Waals surface area contributed by atoms with Gasteiger partial charge in [0.05, 0.1) is 4.92 Å². The van der Waals surface area contributed by atoms with Crippen molar-refractivity contribution in [3.05, 3.63) is 39.2 Å². The number of halogens is 1. The monoisotopic (exact) mass is 197 g/mol. The van der Waals surface area contributed by atoms with E-state index in [1.54, 1.807) is 0 Å². The summed E-state index contributed by atoms with van der Waals surface area (Å²) in [5.74, 6) is -1.29. The molecule has 1 aromatic rings. The van der Waals surface area contributed by atoms with Crippen molar-refractivity contribution in [2.24, 2.45) is 0 Å². The average Bonchev–Trinajstić information content (AvgIpc) is 2.01. The Morgan fingerprint density at radius 3 is 2.43 bits per heavy atom. The molecular weight excluding hydrogens is 189 g/mol. The van der Waals surface area contributed by atoms with Gasteiger partial charge >= 0.3 is 5.69 Å². The maximum absolute atomic E-state index is 13.1. The van der Waals surface area contributed by atoms with Crippen molar-refractivity contribution in [1.29, 1.82) is 0 Å². The summed E-state index contributed by atoms with van der Waals surface area (Å²) in [6.07, 6.45) is 0. The first-order valence-electron chi connectivity index (χ1n) is 3.89. The molecule has 5 heteroatoms. The van der Waals surface area contributed by atoms with E-state index in [4.69, 9.17) is 0 Å². The van der Waals surface area contributed by atoms with Crippen molar-refractivity contribution in [2.45, 2.75) is 13.8 Å². The molecule has 1 rings (SSSR count). The number of aryl methyl sites for hydroxylation is 1. The van der Waals surface area contributed by atoms with Gasteiger partial charge in [0.15, 0.2) is 5.78 Å². The lowest BCUT2D eigenvalue weighted by Crippen LogP contribution is -2.00. The molecule has 0 saturated carbocycles. The second-order valence-corrected chi connectivity index (χ2v) is 2.94. The second-order valence-electron chi connectivity index (χ2n) is 2.94. The highest BCUT2D eigenvalue weighted by atomic mass is 19.1. The summed E-state index contributed by atoms with van der Waals surface area (Å²) in [5, 5.41) is 10.4. The zero-order chi connectivity index (χ0) is 10.9. The first-order valence-corrected chi connectivity index (χ1v) is 3.89. The van der Waals surface area contributed by atoms with Crippen LogP contribution in [0.3, 0.4) is 0 Å². The fourth-order valence-electron chi connectivity index (χ4n) is 1.17. The lowest BCUT2D eigenvalue weighted by molar-refractivity contribution is -0.388. The van der Waals surface area contributed by atoms with E-state index in [1.807, 2.05) is 0 Å². The molecule has 0 radical (unpaired) electrons. The van der Waals surface area contributed by atoms with Crippen LogP contribution in [0.25, 0.3) is 0 Å². The van der Waals surface area contributed by atoms with Gasteiger partial charge in [0.1, 0.15) is 0 Å². The molecule has 0 aliphatic heterocycles. The molecule has 0 unspecified atom stereocenters. The van der Waals surface area contributed by atoms with Gasteiger partial charge in [-0.25, -0.2) is 0 Å². The van der Waals surface area contributed by atoms with Crippen LogP contribution in [0.4, 0.5) is 10.1 Å². The minimum absolute atomic E-state index is 0.144. The molecule has 0 aliphatic carbocycles. The predicted molar refractivity (Wildman–Crippen MR) is 47.8 cm³/mol. The number of carbonyl (C=O) groups excluding carboxylic acids is 1. The van der Waals surface area contributed by atoms with E-state index in [9.17, 15) is 19.3 Å². The van der Waals surface area contributed by atoms with Gasteiger partial charge in [0.2, 0.25) is 5.82 Å². The van der Waals surface area contributed by atoms with E-state index in [2.05, 4.69) is 0 Å². The van der Waals surface area contributed by atoms with Crippen LogP contribution in [-0.4, -0.2) is 10.7 Å². The van der Waals surface area contributed by atoms with Gasteiger partial charge in [-0.15, -0.1) is 0 Å². The predicted octanol–water partition coefficient (Wildman–Crippen LogP) is 2.24. The summed E-state index contributed by atoms with van der Waals surface area (Å²) in [4.78, 5) is 20.5. The smallest absolute Gasteiger partial charge is 0.295 e. The Morgan fingerprint density at radius 2 is 2.07 bits per heavy atom. The summed E-state index contributed by atoms with van der Waals surface area (Å²) in [6, 6.07) is 2.19. The van der Waals surface area contributed by atoms with Crippen LogP contribution in [-0.2, 0) is 0 Å². The highest BCUT2D eigenvalue weighted by Gasteiger charge is 2.19. The molecule has 0 aromatic heterocycles. The number of nitro benzene ring substituents is 1. The number of hydrogen-bond acceptors (Lipinski definition) is 3. The number of benzene rings is 1. The normalized spacial score (nSPS) is 9.93. The van der Waals surface area contributed by atoms with Gasteiger partial charge < -0.3 is 0 Å². The number of carbonyl (C=O) groups is 1. The molecule has 0 N–H and O–H groups in total. The third-order valence-electron chi connectivity index (χ3n) is 1.84. The summed E-state index contributed by atoms with van der Waals surface area (Å²) in [5.41, 5.74) is -0.277. The molecule has 0 saturated heterocycles. The molecule has 1 aromatic carbocycles. The highest BCUT2D eigenvalue weighted by molar-refractivity contribution is 5.94. The van der Waals surface area contributed by atoms with Crippen LogP contribution < -0.4 is 0 Å². The zero-order valence-corrected chi connectivity index (χ0v) is 7.70. The quantitative estimate of drug-likeness (QED) is 0.415. The third kappa shape index (κ3) is 1.76. The highest BCUT2D eigenvalue weighted by Crippen LogP contribution is 2.23. The van der Waals surface area contributed by atoms with E-state index in [1.165, 1.54) is 19.9 Å². The molecule has 0 amide bonds. The van der Waals surface area contributed by atoms with Gasteiger partial charge in [-0.05, 0) is 26.0 Å². The molecule has 0 spiro atoms. The van der Waals surface area contributed by atoms with Crippen LogP contribution in [0.5, 0.6) is 0 Å². The van der Waals surface area contributed by atoms with Gasteiger partial charge in [-0.1, -0.05) is 0 Å². The van der Waals surface area contributed by atoms with Crippen molar-refractivity contribution in [1.82, 2.24) is 0 Å². The molecule has 4 nitrogen and oxygen atoms in total. The largest absolute Gasteiger partial charge is 0.307 e. The summed E-state index contributed by atoms with van der Waals surface area (Å²) < 4.78 is 13.1. The first-order chi connectivity index (χ1) is 6.43.